The molecule has 0 saturated carbocycles. The Bertz CT molecular complexity index is 1050. The van der Waals surface area contributed by atoms with Gasteiger partial charge in [-0.1, -0.05) is 6.07 Å². The van der Waals surface area contributed by atoms with E-state index in [4.69, 9.17) is 10.1 Å². The predicted molar refractivity (Wildman–Crippen MR) is 121 cm³/mol. The minimum atomic E-state index is -0.808. The van der Waals surface area contributed by atoms with E-state index < -0.39 is 12.1 Å². The number of aromatic nitrogens is 2. The summed E-state index contributed by atoms with van der Waals surface area (Å²) in [5.74, 6) is -0.606. The summed E-state index contributed by atoms with van der Waals surface area (Å²) < 4.78 is 6.03. The van der Waals surface area contributed by atoms with E-state index in [-0.39, 0.29) is 29.9 Å². The Morgan fingerprint density at radius 1 is 1.31 bits per heavy atom. The molecule has 0 bridgehead atoms. The van der Waals surface area contributed by atoms with Gasteiger partial charge in [0, 0.05) is 26.8 Å². The van der Waals surface area contributed by atoms with E-state index in [0.29, 0.717) is 34.6 Å². The fourth-order valence-electron chi connectivity index (χ4n) is 3.51. The van der Waals surface area contributed by atoms with Gasteiger partial charge in [-0.3, -0.25) is 24.8 Å². The highest BCUT2D eigenvalue weighted by atomic mass is 79.9. The fourth-order valence-corrected chi connectivity index (χ4v) is 3.85. The zero-order chi connectivity index (χ0) is 23.3. The van der Waals surface area contributed by atoms with E-state index in [1.54, 1.807) is 24.3 Å². The molecular weight excluding hydrogens is 480 g/mol. The summed E-state index contributed by atoms with van der Waals surface area (Å²) in [4.78, 5) is 47.3. The number of halogens is 1. The molecule has 2 aromatic heterocycles. The SMILES string of the molecule is CO[C@@H]1CCN(C(=O)CNc2cnccc2C(=[NH2+])C(C)=O)[C@@H]1C(=O)Nc1cccc(Br)n1. The molecule has 168 valence electrons. The number of amides is 2. The van der Waals surface area contributed by atoms with Gasteiger partial charge in [-0.15, -0.1) is 0 Å². The van der Waals surface area contributed by atoms with Crippen LogP contribution in [0.2, 0.25) is 0 Å². The fraction of sp³-hybridized carbons (Fsp3) is 0.333. The van der Waals surface area contributed by atoms with Crippen molar-refractivity contribution in [1.29, 1.82) is 0 Å². The standard InChI is InChI=1S/C21H23BrN6O4/c1-12(29)19(23)13-6-8-24-10-14(13)25-11-18(30)28-9-7-15(32-2)20(28)21(31)27-17-5-3-4-16(22)26-17/h3-6,8,10,15,20,23,25H,7,9,11H2,1-2H3,(H,26,27,31)/p+1/t15-,20+/m1/s1. The first-order valence-electron chi connectivity index (χ1n) is 9.89. The number of rotatable bonds is 8. The maximum Gasteiger partial charge on any atom is 0.251 e. The first-order valence-corrected chi connectivity index (χ1v) is 10.7. The molecule has 0 aromatic carbocycles. The van der Waals surface area contributed by atoms with Gasteiger partial charge in [0.2, 0.25) is 17.4 Å². The van der Waals surface area contributed by atoms with Crippen LogP contribution in [0.5, 0.6) is 0 Å². The molecule has 1 aliphatic rings. The number of carbonyl (C=O) groups excluding carboxylic acids is 3. The molecule has 1 saturated heterocycles. The molecule has 1 fully saturated rings. The summed E-state index contributed by atoms with van der Waals surface area (Å²) in [6.45, 7) is 1.62. The van der Waals surface area contributed by atoms with Crippen LogP contribution in [-0.4, -0.2) is 70.5 Å². The average Bonchev–Trinajstić information content (AvgIpc) is 3.21. The molecule has 3 heterocycles. The number of methoxy groups -OCH3 is 1. The van der Waals surface area contributed by atoms with Gasteiger partial charge in [0.15, 0.2) is 0 Å². The number of anilines is 2. The highest BCUT2D eigenvalue weighted by molar-refractivity contribution is 9.10. The van der Waals surface area contributed by atoms with Gasteiger partial charge >= 0.3 is 0 Å². The van der Waals surface area contributed by atoms with Crippen molar-refractivity contribution < 1.29 is 24.5 Å². The predicted octanol–water partition coefficient (Wildman–Crippen LogP) is 0.0428. The van der Waals surface area contributed by atoms with E-state index >= 15 is 0 Å². The van der Waals surface area contributed by atoms with Crippen molar-refractivity contribution in [3.05, 3.63) is 46.8 Å². The second-order valence-electron chi connectivity index (χ2n) is 7.17. The number of pyridine rings is 2. The van der Waals surface area contributed by atoms with Gasteiger partial charge in [0.1, 0.15) is 16.5 Å². The molecule has 3 rings (SSSR count). The zero-order valence-electron chi connectivity index (χ0n) is 17.7. The molecule has 32 heavy (non-hydrogen) atoms. The number of nitrogens with zero attached hydrogens (tertiary/aromatic N) is 3. The number of Topliss-reactive ketones (excluding diaryl/α,β-unsaturated/α-hetero) is 1. The van der Waals surface area contributed by atoms with Gasteiger partial charge < -0.3 is 20.3 Å². The van der Waals surface area contributed by atoms with Gasteiger partial charge in [-0.05, 0) is 40.5 Å². The Balaban J connectivity index is 1.72. The summed E-state index contributed by atoms with van der Waals surface area (Å²) >= 11 is 3.27. The highest BCUT2D eigenvalue weighted by Gasteiger charge is 2.42. The molecule has 2 atom stereocenters. The van der Waals surface area contributed by atoms with Gasteiger partial charge in [-0.2, -0.15) is 0 Å². The van der Waals surface area contributed by atoms with Crippen LogP contribution >= 0.6 is 15.9 Å². The van der Waals surface area contributed by atoms with Crippen LogP contribution < -0.4 is 16.0 Å². The zero-order valence-corrected chi connectivity index (χ0v) is 19.3. The topological polar surface area (TPSA) is 139 Å². The highest BCUT2D eigenvalue weighted by Crippen LogP contribution is 2.23. The maximum absolute atomic E-state index is 13.0. The number of ketones is 1. The third kappa shape index (κ3) is 5.35. The molecule has 4 N–H and O–H groups in total. The van der Waals surface area contributed by atoms with E-state index in [0.717, 1.165) is 0 Å². The number of nitrogens with one attached hydrogen (secondary N) is 2. The molecule has 2 aromatic rings. The van der Waals surface area contributed by atoms with Crippen molar-refractivity contribution in [2.75, 3.05) is 30.8 Å². The van der Waals surface area contributed by atoms with Crippen LogP contribution in [0.15, 0.2) is 41.3 Å². The van der Waals surface area contributed by atoms with Crippen molar-refractivity contribution in [2.45, 2.75) is 25.5 Å². The van der Waals surface area contributed by atoms with Crippen molar-refractivity contribution in [3.8, 4) is 0 Å². The smallest absolute Gasteiger partial charge is 0.251 e. The lowest BCUT2D eigenvalue weighted by molar-refractivity contribution is -0.137. The lowest BCUT2D eigenvalue weighted by Crippen LogP contribution is -2.49. The molecule has 0 radical (unpaired) electrons. The van der Waals surface area contributed by atoms with E-state index in [1.807, 2.05) is 0 Å². The van der Waals surface area contributed by atoms with Gasteiger partial charge in [-0.25, -0.2) is 4.98 Å². The molecule has 10 nitrogen and oxygen atoms in total. The lowest BCUT2D eigenvalue weighted by Gasteiger charge is -2.27. The normalized spacial score (nSPS) is 17.7. The van der Waals surface area contributed by atoms with Crippen molar-refractivity contribution in [3.63, 3.8) is 0 Å². The number of ether oxygens (including phenoxy) is 1. The maximum atomic E-state index is 13.0. The van der Waals surface area contributed by atoms with Gasteiger partial charge in [0.25, 0.3) is 5.91 Å². The molecule has 0 unspecified atom stereocenters. The number of likely N-dealkylation sites (tertiary alicyclic amines) is 1. The minimum absolute atomic E-state index is 0.0711. The lowest BCUT2D eigenvalue weighted by atomic mass is 10.1. The molecule has 0 spiro atoms. The number of carbonyl (C=O) groups is 3. The Morgan fingerprint density at radius 2 is 2.09 bits per heavy atom. The van der Waals surface area contributed by atoms with Crippen LogP contribution in [0.3, 0.4) is 0 Å². The van der Waals surface area contributed by atoms with E-state index in [9.17, 15) is 14.4 Å². The Kier molecular flexibility index (Phi) is 7.65. The Hall–Kier alpha value is -3.18. The molecular formula is C21H24BrN6O4+. The van der Waals surface area contributed by atoms with Crippen molar-refractivity contribution in [1.82, 2.24) is 14.9 Å². The average molecular weight is 504 g/mol. The van der Waals surface area contributed by atoms with E-state index in [2.05, 4.69) is 36.5 Å². The number of hydrogen-bond donors (Lipinski definition) is 3. The van der Waals surface area contributed by atoms with Crippen LogP contribution in [-0.2, 0) is 19.1 Å². The molecule has 11 heteroatoms. The summed E-state index contributed by atoms with van der Waals surface area (Å²) in [6, 6.07) is 5.94. The van der Waals surface area contributed by atoms with Crippen molar-refractivity contribution >= 4 is 50.7 Å². The van der Waals surface area contributed by atoms with Crippen LogP contribution in [0.25, 0.3) is 0 Å². The summed E-state index contributed by atoms with van der Waals surface area (Å²) in [6.07, 6.45) is 3.08. The van der Waals surface area contributed by atoms with Crippen LogP contribution in [0, 0.1) is 0 Å². The summed E-state index contributed by atoms with van der Waals surface area (Å²) in [5, 5.41) is 11.6. The second kappa shape index (κ2) is 10.4. The molecule has 2 amide bonds. The third-order valence-corrected chi connectivity index (χ3v) is 5.56. The van der Waals surface area contributed by atoms with Crippen molar-refractivity contribution in [2.24, 2.45) is 0 Å². The van der Waals surface area contributed by atoms with Gasteiger partial charge in [0.05, 0.1) is 30.1 Å². The largest absolute Gasteiger partial charge is 0.379 e. The second-order valence-corrected chi connectivity index (χ2v) is 7.99. The Morgan fingerprint density at radius 3 is 2.78 bits per heavy atom. The number of nitrogens with two attached hydrogens (primary N) is 1. The third-order valence-electron chi connectivity index (χ3n) is 5.12. The summed E-state index contributed by atoms with van der Waals surface area (Å²) in [7, 11) is 1.51. The Labute approximate surface area is 193 Å². The first-order chi connectivity index (χ1) is 15.3. The first kappa shape index (κ1) is 23.5. The minimum Gasteiger partial charge on any atom is -0.379 e. The summed E-state index contributed by atoms with van der Waals surface area (Å²) in [5.41, 5.74) is 0.989. The van der Waals surface area contributed by atoms with Crippen LogP contribution in [0.4, 0.5) is 11.5 Å². The monoisotopic (exact) mass is 503 g/mol. The van der Waals surface area contributed by atoms with E-state index in [1.165, 1.54) is 31.3 Å². The van der Waals surface area contributed by atoms with Crippen LogP contribution in [0.1, 0.15) is 18.9 Å². The number of hydrogen-bond acceptors (Lipinski definition) is 7. The quantitative estimate of drug-likeness (QED) is 0.341. The molecule has 1 aliphatic heterocycles. The molecule has 0 aliphatic carbocycles.